The minimum atomic E-state index is 0.0710. The summed E-state index contributed by atoms with van der Waals surface area (Å²) in [5.41, 5.74) is 0.756. The quantitative estimate of drug-likeness (QED) is 0.860. The molecule has 2 aromatic heterocycles. The predicted octanol–water partition coefficient (Wildman–Crippen LogP) is 0.148. The number of anilines is 1. The number of rotatable bonds is 3. The number of carbonyl (C=O) groups is 1. The minimum Gasteiger partial charge on any atom is -0.353 e. The van der Waals surface area contributed by atoms with Gasteiger partial charge in [0, 0.05) is 31.5 Å². The second-order valence-corrected chi connectivity index (χ2v) is 5.58. The molecule has 0 bridgehead atoms. The summed E-state index contributed by atoms with van der Waals surface area (Å²) in [7, 11) is 0. The molecule has 1 aliphatic heterocycles. The van der Waals surface area contributed by atoms with E-state index in [-0.39, 0.29) is 11.8 Å². The van der Waals surface area contributed by atoms with Crippen LogP contribution in [0.5, 0.6) is 0 Å². The van der Waals surface area contributed by atoms with Crippen molar-refractivity contribution in [1.82, 2.24) is 24.9 Å². The van der Waals surface area contributed by atoms with Crippen LogP contribution in [0.3, 0.4) is 0 Å². The Morgan fingerprint density at radius 1 is 1.35 bits per heavy atom. The van der Waals surface area contributed by atoms with E-state index in [1.807, 2.05) is 17.5 Å². The molecule has 1 aliphatic carbocycles. The molecular weight excluding hydrogens is 256 g/mol. The molecule has 104 valence electrons. The van der Waals surface area contributed by atoms with Crippen LogP contribution in [0.15, 0.2) is 12.4 Å². The number of nitrogens with one attached hydrogen (secondary N) is 1. The van der Waals surface area contributed by atoms with Crippen molar-refractivity contribution < 1.29 is 4.79 Å². The molecule has 3 heterocycles. The Kier molecular flexibility index (Phi) is 2.42. The summed E-state index contributed by atoms with van der Waals surface area (Å²) in [4.78, 5) is 18.4. The maximum absolute atomic E-state index is 11.9. The van der Waals surface area contributed by atoms with Gasteiger partial charge >= 0.3 is 0 Å². The number of hydrogen-bond acceptors (Lipinski definition) is 5. The summed E-state index contributed by atoms with van der Waals surface area (Å²) in [6, 6.07) is 0.428. The van der Waals surface area contributed by atoms with Crippen molar-refractivity contribution in [3.05, 3.63) is 18.2 Å². The third-order valence-corrected chi connectivity index (χ3v) is 3.95. The summed E-state index contributed by atoms with van der Waals surface area (Å²) in [5.74, 6) is 1.89. The van der Waals surface area contributed by atoms with Crippen molar-refractivity contribution in [3.8, 4) is 0 Å². The monoisotopic (exact) mass is 272 g/mol. The SMILES string of the molecule is Cc1nnc2c(N3CC(C(=O)NC4CC4)C3)nccn12. The zero-order valence-corrected chi connectivity index (χ0v) is 11.3. The Morgan fingerprint density at radius 2 is 2.15 bits per heavy atom. The molecule has 2 aliphatic rings. The van der Waals surface area contributed by atoms with Crippen molar-refractivity contribution in [2.45, 2.75) is 25.8 Å². The fourth-order valence-corrected chi connectivity index (χ4v) is 2.52. The van der Waals surface area contributed by atoms with E-state index in [1.165, 1.54) is 0 Å². The zero-order valence-electron chi connectivity index (χ0n) is 11.3. The van der Waals surface area contributed by atoms with Gasteiger partial charge in [0.25, 0.3) is 0 Å². The molecule has 7 nitrogen and oxygen atoms in total. The van der Waals surface area contributed by atoms with Gasteiger partial charge < -0.3 is 10.2 Å². The van der Waals surface area contributed by atoms with E-state index in [1.54, 1.807) is 6.20 Å². The number of carbonyl (C=O) groups excluding carboxylic acids is 1. The van der Waals surface area contributed by atoms with E-state index >= 15 is 0 Å². The molecule has 20 heavy (non-hydrogen) atoms. The molecule has 2 aromatic rings. The highest BCUT2D eigenvalue weighted by molar-refractivity contribution is 5.83. The molecule has 0 spiro atoms. The van der Waals surface area contributed by atoms with Crippen molar-refractivity contribution in [1.29, 1.82) is 0 Å². The van der Waals surface area contributed by atoms with Crippen molar-refractivity contribution in [2.24, 2.45) is 5.92 Å². The Bertz CT molecular complexity index is 671. The van der Waals surface area contributed by atoms with Crippen molar-refractivity contribution in [2.75, 3.05) is 18.0 Å². The van der Waals surface area contributed by atoms with Crippen LogP contribution < -0.4 is 10.2 Å². The zero-order chi connectivity index (χ0) is 13.7. The third-order valence-electron chi connectivity index (χ3n) is 3.95. The molecule has 1 saturated carbocycles. The molecule has 1 amide bonds. The second-order valence-electron chi connectivity index (χ2n) is 5.58. The van der Waals surface area contributed by atoms with Crippen LogP contribution in [0.25, 0.3) is 5.65 Å². The van der Waals surface area contributed by atoms with Crippen LogP contribution in [0.1, 0.15) is 18.7 Å². The normalized spacial score (nSPS) is 19.1. The van der Waals surface area contributed by atoms with Crippen LogP contribution in [0.4, 0.5) is 5.82 Å². The van der Waals surface area contributed by atoms with E-state index < -0.39 is 0 Å². The van der Waals surface area contributed by atoms with Gasteiger partial charge in [-0.15, -0.1) is 10.2 Å². The highest BCUT2D eigenvalue weighted by Crippen LogP contribution is 2.27. The lowest BCUT2D eigenvalue weighted by Gasteiger charge is -2.38. The van der Waals surface area contributed by atoms with Gasteiger partial charge in [0.2, 0.25) is 11.6 Å². The third kappa shape index (κ3) is 1.81. The number of nitrogens with zero attached hydrogens (tertiary/aromatic N) is 5. The second kappa shape index (κ2) is 4.16. The summed E-state index contributed by atoms with van der Waals surface area (Å²) in [6.45, 7) is 3.32. The molecule has 0 radical (unpaired) electrons. The summed E-state index contributed by atoms with van der Waals surface area (Å²) >= 11 is 0. The highest BCUT2D eigenvalue weighted by Gasteiger charge is 2.37. The van der Waals surface area contributed by atoms with Crippen LogP contribution >= 0.6 is 0 Å². The smallest absolute Gasteiger partial charge is 0.226 e. The molecule has 0 aromatic carbocycles. The number of amides is 1. The first kappa shape index (κ1) is 11.6. The van der Waals surface area contributed by atoms with Gasteiger partial charge in [-0.3, -0.25) is 9.20 Å². The lowest BCUT2D eigenvalue weighted by Crippen LogP contribution is -2.54. The predicted molar refractivity (Wildman–Crippen MR) is 72.4 cm³/mol. The van der Waals surface area contributed by atoms with Gasteiger partial charge in [-0.05, 0) is 19.8 Å². The van der Waals surface area contributed by atoms with Crippen LogP contribution in [0, 0.1) is 12.8 Å². The molecule has 7 heteroatoms. The highest BCUT2D eigenvalue weighted by atomic mass is 16.2. The van der Waals surface area contributed by atoms with E-state index in [4.69, 9.17) is 0 Å². The van der Waals surface area contributed by atoms with Gasteiger partial charge in [-0.2, -0.15) is 0 Å². The van der Waals surface area contributed by atoms with E-state index in [0.29, 0.717) is 19.1 Å². The molecule has 1 saturated heterocycles. The Morgan fingerprint density at radius 3 is 2.90 bits per heavy atom. The average molecular weight is 272 g/mol. The summed E-state index contributed by atoms with van der Waals surface area (Å²) in [6.07, 6.45) is 5.85. The van der Waals surface area contributed by atoms with Gasteiger partial charge in [0.05, 0.1) is 5.92 Å². The number of aryl methyl sites for hydroxylation is 1. The molecule has 1 N–H and O–H groups in total. The Labute approximate surface area is 116 Å². The minimum absolute atomic E-state index is 0.0710. The van der Waals surface area contributed by atoms with Gasteiger partial charge in [-0.1, -0.05) is 0 Å². The molecular formula is C13H16N6O. The first-order valence-corrected chi connectivity index (χ1v) is 6.94. The molecule has 0 atom stereocenters. The standard InChI is InChI=1S/C13H16N6O/c1-8-16-17-12-11(14-4-5-19(8)12)18-6-9(7-18)13(20)15-10-2-3-10/h4-5,9-10H,2-3,6-7H2,1H3,(H,15,20). The molecule has 4 rings (SSSR count). The van der Waals surface area contributed by atoms with Gasteiger partial charge in [0.1, 0.15) is 5.82 Å². The van der Waals surface area contributed by atoms with Crippen LogP contribution in [-0.2, 0) is 4.79 Å². The fraction of sp³-hybridized carbons (Fsp3) is 0.538. The van der Waals surface area contributed by atoms with E-state index in [9.17, 15) is 4.79 Å². The Balaban J connectivity index is 1.50. The van der Waals surface area contributed by atoms with Crippen LogP contribution in [-0.4, -0.2) is 44.6 Å². The van der Waals surface area contributed by atoms with Crippen molar-refractivity contribution >= 4 is 17.4 Å². The van der Waals surface area contributed by atoms with Gasteiger partial charge in [-0.25, -0.2) is 4.98 Å². The lowest BCUT2D eigenvalue weighted by atomic mass is 9.99. The number of aromatic nitrogens is 4. The largest absolute Gasteiger partial charge is 0.353 e. The first-order valence-electron chi connectivity index (χ1n) is 6.94. The first-order chi connectivity index (χ1) is 9.72. The van der Waals surface area contributed by atoms with Gasteiger partial charge in [0.15, 0.2) is 5.82 Å². The fourth-order valence-electron chi connectivity index (χ4n) is 2.52. The maximum Gasteiger partial charge on any atom is 0.226 e. The van der Waals surface area contributed by atoms with E-state index in [0.717, 1.165) is 30.1 Å². The summed E-state index contributed by atoms with van der Waals surface area (Å²) < 4.78 is 1.92. The molecule has 2 fully saturated rings. The average Bonchev–Trinajstić information content (AvgIpc) is 3.11. The van der Waals surface area contributed by atoms with Crippen LogP contribution in [0.2, 0.25) is 0 Å². The number of fused-ring (bicyclic) bond motifs is 1. The Hall–Kier alpha value is -2.18. The maximum atomic E-state index is 11.9. The van der Waals surface area contributed by atoms with Crippen molar-refractivity contribution in [3.63, 3.8) is 0 Å². The molecule has 0 unspecified atom stereocenters. The van der Waals surface area contributed by atoms with E-state index in [2.05, 4.69) is 25.4 Å². The lowest BCUT2D eigenvalue weighted by molar-refractivity contribution is -0.125. The number of hydrogen-bond donors (Lipinski definition) is 1. The topological polar surface area (TPSA) is 75.4 Å². The summed E-state index contributed by atoms with van der Waals surface area (Å²) in [5, 5.41) is 11.3.